The number of halogens is 2. The van der Waals surface area contributed by atoms with Crippen molar-refractivity contribution in [1.29, 1.82) is 0 Å². The van der Waals surface area contributed by atoms with E-state index in [4.69, 9.17) is 0 Å². The SMILES string of the molecule is CCN1CC(O)(c2cccc(F)c2F)C1. The van der Waals surface area contributed by atoms with Gasteiger partial charge in [0.15, 0.2) is 11.6 Å². The summed E-state index contributed by atoms with van der Waals surface area (Å²) in [6.45, 7) is 3.49. The average molecular weight is 213 g/mol. The highest BCUT2D eigenvalue weighted by Gasteiger charge is 2.43. The molecule has 0 atom stereocenters. The minimum absolute atomic E-state index is 0.0622. The highest BCUT2D eigenvalue weighted by molar-refractivity contribution is 5.28. The van der Waals surface area contributed by atoms with Crippen LogP contribution in [-0.4, -0.2) is 29.6 Å². The van der Waals surface area contributed by atoms with E-state index in [0.29, 0.717) is 13.1 Å². The quantitative estimate of drug-likeness (QED) is 0.804. The van der Waals surface area contributed by atoms with Crippen LogP contribution in [0.2, 0.25) is 0 Å². The van der Waals surface area contributed by atoms with Gasteiger partial charge < -0.3 is 5.11 Å². The summed E-state index contributed by atoms with van der Waals surface area (Å²) >= 11 is 0. The molecule has 2 nitrogen and oxygen atoms in total. The van der Waals surface area contributed by atoms with E-state index in [0.717, 1.165) is 12.6 Å². The monoisotopic (exact) mass is 213 g/mol. The second-order valence-electron chi connectivity index (χ2n) is 3.94. The van der Waals surface area contributed by atoms with Gasteiger partial charge in [-0.2, -0.15) is 0 Å². The maximum Gasteiger partial charge on any atom is 0.164 e. The number of likely N-dealkylation sites (N-methyl/N-ethyl adjacent to an activating group) is 1. The largest absolute Gasteiger partial charge is 0.382 e. The van der Waals surface area contributed by atoms with Gasteiger partial charge in [0.2, 0.25) is 0 Å². The molecule has 1 aromatic rings. The lowest BCUT2D eigenvalue weighted by atomic mass is 9.86. The molecular formula is C11H13F2NO. The second kappa shape index (κ2) is 3.54. The van der Waals surface area contributed by atoms with Gasteiger partial charge in [-0.1, -0.05) is 19.1 Å². The van der Waals surface area contributed by atoms with Crippen LogP contribution in [0.15, 0.2) is 18.2 Å². The zero-order valence-electron chi connectivity index (χ0n) is 8.50. The highest BCUT2D eigenvalue weighted by Crippen LogP contribution is 2.33. The van der Waals surface area contributed by atoms with Crippen LogP contribution >= 0.6 is 0 Å². The van der Waals surface area contributed by atoms with Crippen molar-refractivity contribution in [3.8, 4) is 0 Å². The summed E-state index contributed by atoms with van der Waals surface area (Å²) in [5, 5.41) is 10.0. The van der Waals surface area contributed by atoms with Crippen molar-refractivity contribution in [2.75, 3.05) is 19.6 Å². The number of β-amino-alcohol motifs (C(OH)–C–C–N with tert-alkyl or cyclic N) is 1. The number of hydrogen-bond acceptors (Lipinski definition) is 2. The predicted octanol–water partition coefficient (Wildman–Crippen LogP) is 1.49. The maximum atomic E-state index is 13.4. The summed E-state index contributed by atoms with van der Waals surface area (Å²) in [5.74, 6) is -1.84. The van der Waals surface area contributed by atoms with Crippen LogP contribution in [0.3, 0.4) is 0 Å². The van der Waals surface area contributed by atoms with Crippen molar-refractivity contribution in [3.63, 3.8) is 0 Å². The fraction of sp³-hybridized carbons (Fsp3) is 0.455. The summed E-state index contributed by atoms with van der Waals surface area (Å²) in [6.07, 6.45) is 0. The van der Waals surface area contributed by atoms with Gasteiger partial charge in [-0.15, -0.1) is 0 Å². The third-order valence-electron chi connectivity index (χ3n) is 2.87. The smallest absolute Gasteiger partial charge is 0.164 e. The molecule has 0 amide bonds. The molecule has 82 valence electrons. The summed E-state index contributed by atoms with van der Waals surface area (Å²) in [6, 6.07) is 3.91. The number of nitrogens with zero attached hydrogens (tertiary/aromatic N) is 1. The standard InChI is InChI=1S/C11H13F2NO/c1-2-14-6-11(15,7-14)8-4-3-5-9(12)10(8)13/h3-5,15H,2,6-7H2,1H3. The van der Waals surface area contributed by atoms with E-state index < -0.39 is 17.2 Å². The number of benzene rings is 1. The van der Waals surface area contributed by atoms with Gasteiger partial charge in [0.05, 0.1) is 0 Å². The second-order valence-corrected chi connectivity index (χ2v) is 3.94. The first-order valence-electron chi connectivity index (χ1n) is 4.96. The van der Waals surface area contributed by atoms with Crippen molar-refractivity contribution < 1.29 is 13.9 Å². The first-order chi connectivity index (χ1) is 7.07. The molecule has 0 spiro atoms. The molecule has 15 heavy (non-hydrogen) atoms. The van der Waals surface area contributed by atoms with Crippen LogP contribution < -0.4 is 0 Å². The first-order valence-corrected chi connectivity index (χ1v) is 4.96. The number of aliphatic hydroxyl groups is 1. The molecule has 1 aliphatic rings. The van der Waals surface area contributed by atoms with E-state index >= 15 is 0 Å². The first kappa shape index (κ1) is 10.5. The zero-order chi connectivity index (χ0) is 11.1. The van der Waals surface area contributed by atoms with Gasteiger partial charge in [0, 0.05) is 18.7 Å². The molecular weight excluding hydrogens is 200 g/mol. The van der Waals surface area contributed by atoms with Crippen molar-refractivity contribution in [1.82, 2.24) is 4.90 Å². The summed E-state index contributed by atoms with van der Waals surface area (Å²) < 4.78 is 26.3. The van der Waals surface area contributed by atoms with Crippen LogP contribution in [0, 0.1) is 11.6 Å². The molecule has 4 heteroatoms. The molecule has 1 fully saturated rings. The van der Waals surface area contributed by atoms with E-state index in [2.05, 4.69) is 0 Å². The van der Waals surface area contributed by atoms with Crippen LogP contribution in [-0.2, 0) is 5.60 Å². The molecule has 1 aromatic carbocycles. The predicted molar refractivity (Wildman–Crippen MR) is 52.4 cm³/mol. The fourth-order valence-electron chi connectivity index (χ4n) is 1.95. The Morgan fingerprint density at radius 1 is 1.40 bits per heavy atom. The summed E-state index contributed by atoms with van der Waals surface area (Å²) in [5.41, 5.74) is -1.16. The molecule has 1 aliphatic heterocycles. The topological polar surface area (TPSA) is 23.5 Å². The Morgan fingerprint density at radius 3 is 2.67 bits per heavy atom. The Morgan fingerprint density at radius 2 is 2.07 bits per heavy atom. The fourth-order valence-corrected chi connectivity index (χ4v) is 1.95. The molecule has 1 N–H and O–H groups in total. The van der Waals surface area contributed by atoms with Gasteiger partial charge in [0.1, 0.15) is 5.60 Å². The zero-order valence-corrected chi connectivity index (χ0v) is 8.50. The molecule has 2 rings (SSSR count). The van der Waals surface area contributed by atoms with E-state index in [1.807, 2.05) is 11.8 Å². The Labute approximate surface area is 87.1 Å². The van der Waals surface area contributed by atoms with Gasteiger partial charge >= 0.3 is 0 Å². The van der Waals surface area contributed by atoms with Gasteiger partial charge in [-0.3, -0.25) is 4.90 Å². The molecule has 1 saturated heterocycles. The summed E-state index contributed by atoms with van der Waals surface area (Å²) in [4.78, 5) is 1.96. The number of rotatable bonds is 2. The third kappa shape index (κ3) is 1.64. The third-order valence-corrected chi connectivity index (χ3v) is 2.87. The lowest BCUT2D eigenvalue weighted by Gasteiger charge is -2.46. The number of likely N-dealkylation sites (tertiary alicyclic amines) is 1. The van der Waals surface area contributed by atoms with Crippen LogP contribution in [0.1, 0.15) is 12.5 Å². The van der Waals surface area contributed by atoms with Crippen LogP contribution in [0.25, 0.3) is 0 Å². The Bertz CT molecular complexity index is 375. The van der Waals surface area contributed by atoms with Crippen molar-refractivity contribution in [2.45, 2.75) is 12.5 Å². The summed E-state index contributed by atoms with van der Waals surface area (Å²) in [7, 11) is 0. The molecule has 0 unspecified atom stereocenters. The van der Waals surface area contributed by atoms with E-state index in [-0.39, 0.29) is 5.56 Å². The van der Waals surface area contributed by atoms with Gasteiger partial charge in [-0.25, -0.2) is 8.78 Å². The lowest BCUT2D eigenvalue weighted by Crippen LogP contribution is -2.59. The molecule has 0 saturated carbocycles. The number of hydrogen-bond donors (Lipinski definition) is 1. The van der Waals surface area contributed by atoms with Gasteiger partial charge in [-0.05, 0) is 12.6 Å². The van der Waals surface area contributed by atoms with E-state index in [1.54, 1.807) is 0 Å². The molecule has 0 aromatic heterocycles. The maximum absolute atomic E-state index is 13.4. The van der Waals surface area contributed by atoms with Crippen LogP contribution in [0.4, 0.5) is 8.78 Å². The van der Waals surface area contributed by atoms with Gasteiger partial charge in [0.25, 0.3) is 0 Å². The van der Waals surface area contributed by atoms with E-state index in [9.17, 15) is 13.9 Å². The normalized spacial score (nSPS) is 20.0. The highest BCUT2D eigenvalue weighted by atomic mass is 19.2. The van der Waals surface area contributed by atoms with Crippen LogP contribution in [0.5, 0.6) is 0 Å². The Kier molecular flexibility index (Phi) is 2.48. The Hall–Kier alpha value is -1.00. The molecule has 0 aliphatic carbocycles. The minimum atomic E-state index is -1.22. The van der Waals surface area contributed by atoms with Crippen molar-refractivity contribution in [2.24, 2.45) is 0 Å². The minimum Gasteiger partial charge on any atom is -0.382 e. The molecule has 1 heterocycles. The molecule has 0 radical (unpaired) electrons. The van der Waals surface area contributed by atoms with E-state index in [1.165, 1.54) is 12.1 Å². The molecule has 0 bridgehead atoms. The average Bonchev–Trinajstić information content (AvgIpc) is 2.17. The lowest BCUT2D eigenvalue weighted by molar-refractivity contribution is -0.104. The van der Waals surface area contributed by atoms with Crippen molar-refractivity contribution in [3.05, 3.63) is 35.4 Å². The van der Waals surface area contributed by atoms with Crippen molar-refractivity contribution >= 4 is 0 Å². The Balaban J connectivity index is 2.27.